The highest BCUT2D eigenvalue weighted by Crippen LogP contribution is 2.39. The average Bonchev–Trinajstić information content (AvgIpc) is 3.26. The van der Waals surface area contributed by atoms with Crippen LogP contribution in [-0.4, -0.2) is 35.2 Å². The molecule has 1 aliphatic rings. The third-order valence-electron chi connectivity index (χ3n) is 6.13. The summed E-state index contributed by atoms with van der Waals surface area (Å²) in [5.41, 5.74) is 4.66. The van der Waals surface area contributed by atoms with E-state index in [4.69, 9.17) is 10.2 Å². The summed E-state index contributed by atoms with van der Waals surface area (Å²) in [6.07, 6.45) is 11.8. The lowest BCUT2D eigenvalue weighted by atomic mass is 9.81. The Bertz CT molecular complexity index is 882. The number of carbonyl (C=O) groups is 2. The third kappa shape index (κ3) is 10.2. The van der Waals surface area contributed by atoms with E-state index in [1.807, 2.05) is 6.08 Å². The first kappa shape index (κ1) is 27.1. The summed E-state index contributed by atoms with van der Waals surface area (Å²) in [5.74, 6) is -1.09. The Morgan fingerprint density at radius 1 is 0.882 bits per heavy atom. The fourth-order valence-corrected chi connectivity index (χ4v) is 4.51. The molecular formula is C29H37NO4. The molecule has 3 rings (SSSR count). The number of unbranched alkanes of at least 4 members (excludes halogenated alkanes) is 2. The van der Waals surface area contributed by atoms with Crippen molar-refractivity contribution in [3.63, 3.8) is 0 Å². The van der Waals surface area contributed by atoms with E-state index in [-0.39, 0.29) is 0 Å². The fraction of sp³-hybridized carbons (Fsp3) is 0.379. The van der Waals surface area contributed by atoms with Gasteiger partial charge in [0.15, 0.2) is 0 Å². The highest BCUT2D eigenvalue weighted by molar-refractivity contribution is 5.89. The van der Waals surface area contributed by atoms with Crippen LogP contribution in [0.2, 0.25) is 0 Å². The molecule has 1 aliphatic carbocycles. The van der Waals surface area contributed by atoms with Crippen LogP contribution >= 0.6 is 0 Å². The summed E-state index contributed by atoms with van der Waals surface area (Å²) in [6, 6.07) is 20.2. The van der Waals surface area contributed by atoms with Crippen LogP contribution in [0.3, 0.4) is 0 Å². The van der Waals surface area contributed by atoms with Crippen molar-refractivity contribution in [2.45, 2.75) is 50.9 Å². The molecule has 0 amide bonds. The van der Waals surface area contributed by atoms with Crippen molar-refractivity contribution < 1.29 is 19.8 Å². The number of allylic oxidation sites excluding steroid dienone is 1. The Balaban J connectivity index is 0.000000440. The van der Waals surface area contributed by atoms with Gasteiger partial charge < -0.3 is 15.5 Å². The van der Waals surface area contributed by atoms with E-state index >= 15 is 0 Å². The van der Waals surface area contributed by atoms with Gasteiger partial charge in [0.25, 0.3) is 0 Å². The number of nitrogens with one attached hydrogen (secondary N) is 1. The maximum atomic E-state index is 9.55. The first-order chi connectivity index (χ1) is 16.5. The number of hydrogen-bond donors (Lipinski definition) is 3. The zero-order valence-corrected chi connectivity index (χ0v) is 19.9. The molecular weight excluding hydrogens is 426 g/mol. The molecule has 5 heteroatoms. The molecule has 0 saturated carbocycles. The van der Waals surface area contributed by atoms with Crippen molar-refractivity contribution in [1.82, 2.24) is 5.32 Å². The predicted molar refractivity (Wildman–Crippen MR) is 137 cm³/mol. The molecule has 0 spiro atoms. The van der Waals surface area contributed by atoms with Gasteiger partial charge in [-0.05, 0) is 86.6 Å². The van der Waals surface area contributed by atoms with Gasteiger partial charge in [-0.15, -0.1) is 6.58 Å². The first-order valence-electron chi connectivity index (χ1n) is 12.1. The van der Waals surface area contributed by atoms with Crippen LogP contribution in [0.1, 0.15) is 54.7 Å². The summed E-state index contributed by atoms with van der Waals surface area (Å²) in [7, 11) is 0. The quantitative estimate of drug-likeness (QED) is 0.204. The number of rotatable bonds is 13. The largest absolute Gasteiger partial charge is 0.478 e. The minimum absolute atomic E-state index is 0.558. The van der Waals surface area contributed by atoms with Gasteiger partial charge in [-0.25, -0.2) is 9.59 Å². The normalized spacial score (nSPS) is 13.6. The molecule has 3 N–H and O–H groups in total. The molecule has 0 saturated heterocycles. The highest BCUT2D eigenvalue weighted by Gasteiger charge is 2.29. The average molecular weight is 464 g/mol. The van der Waals surface area contributed by atoms with Crippen LogP contribution in [0.25, 0.3) is 0 Å². The van der Waals surface area contributed by atoms with Crippen LogP contribution in [0.4, 0.5) is 0 Å². The third-order valence-corrected chi connectivity index (χ3v) is 6.13. The molecule has 0 heterocycles. The first-order valence-corrected chi connectivity index (χ1v) is 12.1. The van der Waals surface area contributed by atoms with E-state index in [0.717, 1.165) is 25.4 Å². The molecule has 0 radical (unpaired) electrons. The van der Waals surface area contributed by atoms with Gasteiger partial charge >= 0.3 is 11.9 Å². The van der Waals surface area contributed by atoms with E-state index < -0.39 is 11.9 Å². The molecule has 0 aromatic heterocycles. The van der Waals surface area contributed by atoms with Gasteiger partial charge in [0, 0.05) is 12.2 Å². The summed E-state index contributed by atoms with van der Waals surface area (Å²) in [4.78, 5) is 19.1. The van der Waals surface area contributed by atoms with Crippen molar-refractivity contribution in [2.24, 2.45) is 5.92 Å². The summed E-state index contributed by atoms with van der Waals surface area (Å²) in [5, 5.41) is 19.2. The Morgan fingerprint density at radius 2 is 1.44 bits per heavy atom. The lowest BCUT2D eigenvalue weighted by Crippen LogP contribution is -2.19. The maximum Gasteiger partial charge on any atom is 0.328 e. The number of benzene rings is 2. The Hall–Kier alpha value is -3.18. The van der Waals surface area contributed by atoms with Crippen molar-refractivity contribution in [2.75, 3.05) is 13.1 Å². The molecule has 1 unspecified atom stereocenters. The number of fused-ring (bicyclic) bond motifs is 1. The smallest absolute Gasteiger partial charge is 0.328 e. The van der Waals surface area contributed by atoms with E-state index in [1.54, 1.807) is 11.1 Å². The minimum atomic E-state index is -1.26. The van der Waals surface area contributed by atoms with E-state index in [2.05, 4.69) is 66.5 Å². The van der Waals surface area contributed by atoms with Gasteiger partial charge in [0.1, 0.15) is 0 Å². The summed E-state index contributed by atoms with van der Waals surface area (Å²) in [6.45, 7) is 6.06. The molecule has 2 aromatic rings. The Labute approximate surface area is 203 Å². The van der Waals surface area contributed by atoms with Gasteiger partial charge in [-0.2, -0.15) is 0 Å². The lowest BCUT2D eigenvalue weighted by Gasteiger charge is -2.24. The number of aliphatic carboxylic acids is 2. The Morgan fingerprint density at radius 3 is 2.00 bits per heavy atom. The van der Waals surface area contributed by atoms with Crippen molar-refractivity contribution in [3.05, 3.63) is 96.1 Å². The molecule has 182 valence electrons. The van der Waals surface area contributed by atoms with Crippen LogP contribution in [0, 0.1) is 5.92 Å². The van der Waals surface area contributed by atoms with Crippen molar-refractivity contribution in [1.29, 1.82) is 0 Å². The number of carboxylic acids is 2. The van der Waals surface area contributed by atoms with E-state index in [0.29, 0.717) is 18.1 Å². The second-order valence-corrected chi connectivity index (χ2v) is 8.64. The van der Waals surface area contributed by atoms with Crippen LogP contribution in [0.5, 0.6) is 0 Å². The SMILES string of the molecule is C=CCCCCNCCCC(c1ccccc1)C1Cc2ccccc2C1.O=C(O)/C=C\C(=O)O. The molecule has 0 aliphatic heterocycles. The second kappa shape index (κ2) is 15.6. The van der Waals surface area contributed by atoms with E-state index in [9.17, 15) is 9.59 Å². The van der Waals surface area contributed by atoms with Gasteiger partial charge in [-0.1, -0.05) is 60.7 Å². The molecule has 2 aromatic carbocycles. The monoisotopic (exact) mass is 463 g/mol. The van der Waals surface area contributed by atoms with Gasteiger partial charge in [-0.3, -0.25) is 0 Å². The summed E-state index contributed by atoms with van der Waals surface area (Å²) >= 11 is 0. The highest BCUT2D eigenvalue weighted by atomic mass is 16.4. The number of hydrogen-bond acceptors (Lipinski definition) is 3. The van der Waals surface area contributed by atoms with Crippen LogP contribution in [-0.2, 0) is 22.4 Å². The number of carboxylic acid groups (broad SMARTS) is 2. The standard InChI is InChI=1S/C25H33N.C4H4O4/c1-2-3-4-10-17-26-18-11-16-25(21-12-6-5-7-13-21)24-19-22-14-8-9-15-23(22)20-24;5-3(6)1-2-4(7)8/h2,5-9,12-15,24-26H,1,3-4,10-11,16-20H2;1-2H,(H,5,6)(H,7,8)/b;2-1-. The fourth-order valence-electron chi connectivity index (χ4n) is 4.51. The van der Waals surface area contributed by atoms with Crippen LogP contribution in [0.15, 0.2) is 79.4 Å². The summed E-state index contributed by atoms with van der Waals surface area (Å²) < 4.78 is 0. The molecule has 1 atom stereocenters. The van der Waals surface area contributed by atoms with Gasteiger partial charge in [0.2, 0.25) is 0 Å². The van der Waals surface area contributed by atoms with Gasteiger partial charge in [0.05, 0.1) is 0 Å². The minimum Gasteiger partial charge on any atom is -0.478 e. The molecule has 34 heavy (non-hydrogen) atoms. The molecule has 0 fully saturated rings. The maximum absolute atomic E-state index is 9.55. The van der Waals surface area contributed by atoms with Crippen LogP contribution < -0.4 is 5.32 Å². The predicted octanol–water partition coefficient (Wildman–Crippen LogP) is 5.62. The van der Waals surface area contributed by atoms with Crippen molar-refractivity contribution in [3.8, 4) is 0 Å². The van der Waals surface area contributed by atoms with Crippen molar-refractivity contribution >= 4 is 11.9 Å². The molecule has 5 nitrogen and oxygen atoms in total. The molecule has 0 bridgehead atoms. The zero-order chi connectivity index (χ0) is 24.6. The zero-order valence-electron chi connectivity index (χ0n) is 19.9. The Kier molecular flexibility index (Phi) is 12.4. The van der Waals surface area contributed by atoms with E-state index in [1.165, 1.54) is 44.1 Å². The second-order valence-electron chi connectivity index (χ2n) is 8.64. The lowest BCUT2D eigenvalue weighted by molar-refractivity contribution is -0.134. The topological polar surface area (TPSA) is 86.6 Å².